The molecule has 21 heavy (non-hydrogen) atoms. The molecular formula is C16H23FN2O2. The third-order valence-corrected chi connectivity index (χ3v) is 4.04. The molecule has 1 aliphatic heterocycles. The molecule has 0 amide bonds. The number of hydrogen-bond donors (Lipinski definition) is 1. The van der Waals surface area contributed by atoms with Gasteiger partial charge in [-0.05, 0) is 30.5 Å². The van der Waals surface area contributed by atoms with Gasteiger partial charge >= 0.3 is 5.97 Å². The van der Waals surface area contributed by atoms with Gasteiger partial charge in [0.25, 0.3) is 0 Å². The van der Waals surface area contributed by atoms with Crippen molar-refractivity contribution in [2.75, 3.05) is 32.7 Å². The zero-order chi connectivity index (χ0) is 15.2. The molecule has 1 unspecified atom stereocenters. The molecule has 0 radical (unpaired) electrons. The molecule has 1 atom stereocenters. The lowest BCUT2D eigenvalue weighted by Gasteiger charge is -2.30. The average molecular weight is 294 g/mol. The van der Waals surface area contributed by atoms with Crippen LogP contribution in [-0.2, 0) is 4.79 Å². The van der Waals surface area contributed by atoms with Crippen LogP contribution in [0, 0.1) is 5.82 Å². The van der Waals surface area contributed by atoms with E-state index >= 15 is 0 Å². The summed E-state index contributed by atoms with van der Waals surface area (Å²) in [5.74, 6) is -0.978. The summed E-state index contributed by atoms with van der Waals surface area (Å²) in [6.07, 6.45) is 1.86. The molecule has 1 N–H and O–H groups in total. The highest BCUT2D eigenvalue weighted by molar-refractivity contribution is 5.69. The van der Waals surface area contributed by atoms with Gasteiger partial charge < -0.3 is 5.11 Å². The SMILES string of the molecule is CCC(c1cccc(F)c1)N1CCCN(CC(=O)O)CC1. The highest BCUT2D eigenvalue weighted by Crippen LogP contribution is 2.25. The summed E-state index contributed by atoms with van der Waals surface area (Å²) in [4.78, 5) is 15.1. The molecule has 1 heterocycles. The van der Waals surface area contributed by atoms with Crippen LogP contribution in [0.5, 0.6) is 0 Å². The van der Waals surface area contributed by atoms with Gasteiger partial charge in [0.2, 0.25) is 0 Å². The van der Waals surface area contributed by atoms with Gasteiger partial charge in [-0.25, -0.2) is 4.39 Å². The number of nitrogens with zero attached hydrogens (tertiary/aromatic N) is 2. The van der Waals surface area contributed by atoms with E-state index in [2.05, 4.69) is 11.8 Å². The Hall–Kier alpha value is -1.46. The quantitative estimate of drug-likeness (QED) is 0.905. The first-order valence-corrected chi connectivity index (χ1v) is 7.54. The lowest BCUT2D eigenvalue weighted by Crippen LogP contribution is -2.35. The number of benzene rings is 1. The topological polar surface area (TPSA) is 43.8 Å². The largest absolute Gasteiger partial charge is 0.480 e. The van der Waals surface area contributed by atoms with Gasteiger partial charge in [-0.2, -0.15) is 0 Å². The van der Waals surface area contributed by atoms with Crippen LogP contribution in [0.3, 0.4) is 0 Å². The van der Waals surface area contributed by atoms with Crippen molar-refractivity contribution in [1.82, 2.24) is 9.80 Å². The van der Waals surface area contributed by atoms with Crippen molar-refractivity contribution in [3.05, 3.63) is 35.6 Å². The molecule has 1 aromatic carbocycles. The van der Waals surface area contributed by atoms with Crippen LogP contribution in [0.1, 0.15) is 31.4 Å². The summed E-state index contributed by atoms with van der Waals surface area (Å²) in [6.45, 7) is 5.51. The first-order valence-electron chi connectivity index (χ1n) is 7.54. The van der Waals surface area contributed by atoms with Crippen molar-refractivity contribution in [2.24, 2.45) is 0 Å². The highest BCUT2D eigenvalue weighted by atomic mass is 19.1. The summed E-state index contributed by atoms with van der Waals surface area (Å²) in [6, 6.07) is 6.99. The van der Waals surface area contributed by atoms with E-state index in [4.69, 9.17) is 5.11 Å². The second-order valence-electron chi connectivity index (χ2n) is 5.54. The summed E-state index contributed by atoms with van der Waals surface area (Å²) in [5, 5.41) is 8.89. The smallest absolute Gasteiger partial charge is 0.317 e. The third-order valence-electron chi connectivity index (χ3n) is 4.04. The van der Waals surface area contributed by atoms with Gasteiger partial charge in [0.05, 0.1) is 6.54 Å². The number of rotatable bonds is 5. The Bertz CT molecular complexity index is 481. The van der Waals surface area contributed by atoms with E-state index in [9.17, 15) is 9.18 Å². The van der Waals surface area contributed by atoms with Crippen molar-refractivity contribution in [3.63, 3.8) is 0 Å². The van der Waals surface area contributed by atoms with Crippen LogP contribution < -0.4 is 0 Å². The van der Waals surface area contributed by atoms with Gasteiger partial charge in [-0.1, -0.05) is 19.1 Å². The predicted octanol–water partition coefficient (Wildman–Crippen LogP) is 2.37. The lowest BCUT2D eigenvalue weighted by atomic mass is 10.0. The summed E-state index contributed by atoms with van der Waals surface area (Å²) < 4.78 is 13.4. The van der Waals surface area contributed by atoms with Crippen molar-refractivity contribution < 1.29 is 14.3 Å². The zero-order valence-corrected chi connectivity index (χ0v) is 12.5. The molecule has 5 heteroatoms. The summed E-state index contributed by atoms with van der Waals surface area (Å²) in [5.41, 5.74) is 1.00. The van der Waals surface area contributed by atoms with Crippen LogP contribution >= 0.6 is 0 Å². The average Bonchev–Trinajstić information content (AvgIpc) is 2.65. The fourth-order valence-electron chi connectivity index (χ4n) is 3.07. The fourth-order valence-corrected chi connectivity index (χ4v) is 3.07. The molecule has 0 saturated carbocycles. The molecular weight excluding hydrogens is 271 g/mol. The van der Waals surface area contributed by atoms with Gasteiger partial charge in [0, 0.05) is 32.2 Å². The standard InChI is InChI=1S/C16H23FN2O2/c1-2-15(13-5-3-6-14(17)11-13)19-8-4-7-18(9-10-19)12-16(20)21/h3,5-6,11,15H,2,4,7-10,12H2,1H3,(H,20,21). The van der Waals surface area contributed by atoms with E-state index in [-0.39, 0.29) is 18.4 Å². The number of carboxylic acids is 1. The molecule has 4 nitrogen and oxygen atoms in total. The Balaban J connectivity index is 2.04. The minimum absolute atomic E-state index is 0.102. The number of hydrogen-bond acceptors (Lipinski definition) is 3. The number of carbonyl (C=O) groups is 1. The fraction of sp³-hybridized carbons (Fsp3) is 0.562. The zero-order valence-electron chi connectivity index (χ0n) is 12.5. The Kier molecular flexibility index (Phi) is 5.70. The van der Waals surface area contributed by atoms with E-state index in [1.807, 2.05) is 11.0 Å². The first kappa shape index (κ1) is 15.9. The van der Waals surface area contributed by atoms with Crippen molar-refractivity contribution >= 4 is 5.97 Å². The number of carboxylic acid groups (broad SMARTS) is 1. The molecule has 1 saturated heterocycles. The van der Waals surface area contributed by atoms with Crippen LogP contribution in [0.2, 0.25) is 0 Å². The van der Waals surface area contributed by atoms with Crippen molar-refractivity contribution in [3.8, 4) is 0 Å². The Morgan fingerprint density at radius 3 is 2.81 bits per heavy atom. The van der Waals surface area contributed by atoms with Gasteiger partial charge in [0.15, 0.2) is 0 Å². The molecule has 1 aliphatic rings. The van der Waals surface area contributed by atoms with E-state index in [1.54, 1.807) is 12.1 Å². The molecule has 0 aliphatic carbocycles. The minimum Gasteiger partial charge on any atom is -0.480 e. The second kappa shape index (κ2) is 7.52. The van der Waals surface area contributed by atoms with Crippen LogP contribution in [0.4, 0.5) is 4.39 Å². The van der Waals surface area contributed by atoms with E-state index in [1.165, 1.54) is 6.07 Å². The Labute approximate surface area is 125 Å². The number of aliphatic carboxylic acids is 1. The molecule has 0 spiro atoms. The highest BCUT2D eigenvalue weighted by Gasteiger charge is 2.23. The third kappa shape index (κ3) is 4.51. The predicted molar refractivity (Wildman–Crippen MR) is 79.7 cm³/mol. The maximum atomic E-state index is 13.4. The maximum Gasteiger partial charge on any atom is 0.317 e. The molecule has 2 rings (SSSR count). The maximum absolute atomic E-state index is 13.4. The van der Waals surface area contributed by atoms with Crippen LogP contribution in [0.15, 0.2) is 24.3 Å². The minimum atomic E-state index is -0.777. The lowest BCUT2D eigenvalue weighted by molar-refractivity contribution is -0.138. The Morgan fingerprint density at radius 1 is 1.33 bits per heavy atom. The monoisotopic (exact) mass is 294 g/mol. The first-order chi connectivity index (χ1) is 10.1. The van der Waals surface area contributed by atoms with E-state index in [0.717, 1.165) is 44.6 Å². The molecule has 1 fully saturated rings. The molecule has 116 valence electrons. The molecule has 0 bridgehead atoms. The van der Waals surface area contributed by atoms with Crippen LogP contribution in [-0.4, -0.2) is 53.6 Å². The van der Waals surface area contributed by atoms with E-state index < -0.39 is 5.97 Å². The van der Waals surface area contributed by atoms with Gasteiger partial charge in [-0.3, -0.25) is 14.6 Å². The summed E-state index contributed by atoms with van der Waals surface area (Å²) in [7, 11) is 0. The molecule has 0 aromatic heterocycles. The van der Waals surface area contributed by atoms with Gasteiger partial charge in [-0.15, -0.1) is 0 Å². The van der Waals surface area contributed by atoms with E-state index in [0.29, 0.717) is 0 Å². The Morgan fingerprint density at radius 2 is 2.14 bits per heavy atom. The second-order valence-corrected chi connectivity index (χ2v) is 5.54. The number of halogens is 1. The normalized spacial score (nSPS) is 19.1. The van der Waals surface area contributed by atoms with Crippen LogP contribution in [0.25, 0.3) is 0 Å². The van der Waals surface area contributed by atoms with Gasteiger partial charge in [0.1, 0.15) is 5.82 Å². The van der Waals surface area contributed by atoms with Crippen molar-refractivity contribution in [1.29, 1.82) is 0 Å². The summed E-state index contributed by atoms with van der Waals surface area (Å²) >= 11 is 0. The van der Waals surface area contributed by atoms with Crippen molar-refractivity contribution in [2.45, 2.75) is 25.8 Å². The molecule has 1 aromatic rings.